The molecule has 2 heterocycles. The molecule has 0 aliphatic carbocycles. The van der Waals surface area contributed by atoms with Gasteiger partial charge in [-0.15, -0.1) is 0 Å². The minimum atomic E-state index is -0.699. The van der Waals surface area contributed by atoms with Gasteiger partial charge in [0.15, 0.2) is 0 Å². The van der Waals surface area contributed by atoms with Gasteiger partial charge in [-0.05, 0) is 68.8 Å². The zero-order valence-electron chi connectivity index (χ0n) is 19.8. The molecule has 0 fully saturated rings. The molecule has 2 aromatic heterocycles. The lowest BCUT2D eigenvalue weighted by Gasteiger charge is -2.09. The van der Waals surface area contributed by atoms with Crippen LogP contribution in [0.25, 0.3) is 5.69 Å². The Bertz CT molecular complexity index is 1330. The number of aromatic nitrogens is 3. The van der Waals surface area contributed by atoms with Crippen molar-refractivity contribution >= 4 is 11.7 Å². The summed E-state index contributed by atoms with van der Waals surface area (Å²) in [6.45, 7) is 6.16. The number of nitrogens with one attached hydrogen (secondary N) is 1. The van der Waals surface area contributed by atoms with E-state index in [-0.39, 0.29) is 6.54 Å². The van der Waals surface area contributed by atoms with Crippen LogP contribution in [0, 0.1) is 13.8 Å². The Morgan fingerprint density at radius 2 is 1.69 bits per heavy atom. The Balaban J connectivity index is 1.41. The molecule has 8 nitrogen and oxygen atoms in total. The summed E-state index contributed by atoms with van der Waals surface area (Å²) in [6.07, 6.45) is 1.59. The fraction of sp³-hybridized carbons (Fsp3) is 0.185. The predicted molar refractivity (Wildman–Crippen MR) is 131 cm³/mol. The van der Waals surface area contributed by atoms with Crippen LogP contribution in [0.1, 0.15) is 34.2 Å². The van der Waals surface area contributed by atoms with Gasteiger partial charge in [0.05, 0.1) is 29.2 Å². The molecule has 0 aliphatic heterocycles. The first-order valence-electron chi connectivity index (χ1n) is 11.3. The van der Waals surface area contributed by atoms with Gasteiger partial charge in [-0.1, -0.05) is 18.2 Å². The van der Waals surface area contributed by atoms with Crippen molar-refractivity contribution in [3.8, 4) is 23.1 Å². The third-order valence-electron chi connectivity index (χ3n) is 5.33. The molecule has 1 amide bonds. The third kappa shape index (κ3) is 5.55. The van der Waals surface area contributed by atoms with Crippen molar-refractivity contribution in [1.82, 2.24) is 20.1 Å². The topological polar surface area (TPSA) is 95.3 Å². The highest BCUT2D eigenvalue weighted by atomic mass is 16.5. The molecule has 35 heavy (non-hydrogen) atoms. The van der Waals surface area contributed by atoms with Crippen LogP contribution in [0.3, 0.4) is 0 Å². The van der Waals surface area contributed by atoms with E-state index in [9.17, 15) is 9.59 Å². The minimum Gasteiger partial charge on any atom is -0.494 e. The number of pyridine rings is 1. The quantitative estimate of drug-likeness (QED) is 0.284. The number of Topliss-reactive ketones (excluding diaryl/α,β-unsaturated/α-hetero) is 1. The molecule has 4 aromatic rings. The van der Waals surface area contributed by atoms with Crippen LogP contribution in [0.2, 0.25) is 0 Å². The number of ketones is 1. The first-order chi connectivity index (χ1) is 17.0. The predicted octanol–water partition coefficient (Wildman–Crippen LogP) is 4.57. The van der Waals surface area contributed by atoms with Crippen LogP contribution < -0.4 is 14.8 Å². The van der Waals surface area contributed by atoms with E-state index in [0.717, 1.165) is 17.0 Å². The number of hydrogen-bond donors (Lipinski definition) is 1. The average Bonchev–Trinajstić information content (AvgIpc) is 3.18. The van der Waals surface area contributed by atoms with Gasteiger partial charge in [-0.25, -0.2) is 9.67 Å². The standard InChI is InChI=1S/C27H26N4O4/c1-4-34-22-10-12-23(13-11-22)35-24-16-20(14-15-28-24)17-29-27(33)26(32)25-18(2)30-31(19(25)3)21-8-6-5-7-9-21/h5-16H,4,17H2,1-3H3,(H,29,33). The average molecular weight is 471 g/mol. The second kappa shape index (κ2) is 10.6. The number of carbonyl (C=O) groups excluding carboxylic acids is 2. The van der Waals surface area contributed by atoms with Gasteiger partial charge in [-0.2, -0.15) is 5.10 Å². The van der Waals surface area contributed by atoms with Crippen LogP contribution in [-0.4, -0.2) is 33.1 Å². The Hall–Kier alpha value is -4.46. The summed E-state index contributed by atoms with van der Waals surface area (Å²) < 4.78 is 12.9. The van der Waals surface area contributed by atoms with Crippen molar-refractivity contribution in [3.63, 3.8) is 0 Å². The maximum absolute atomic E-state index is 12.9. The smallest absolute Gasteiger partial charge is 0.292 e. The van der Waals surface area contributed by atoms with Gasteiger partial charge in [0.2, 0.25) is 5.88 Å². The van der Waals surface area contributed by atoms with Gasteiger partial charge in [0.25, 0.3) is 11.7 Å². The van der Waals surface area contributed by atoms with E-state index in [4.69, 9.17) is 9.47 Å². The fourth-order valence-corrected chi connectivity index (χ4v) is 3.68. The van der Waals surface area contributed by atoms with Crippen LogP contribution in [-0.2, 0) is 11.3 Å². The number of amides is 1. The number of hydrogen-bond acceptors (Lipinski definition) is 6. The highest BCUT2D eigenvalue weighted by Gasteiger charge is 2.25. The van der Waals surface area contributed by atoms with Gasteiger partial charge in [0.1, 0.15) is 11.5 Å². The lowest BCUT2D eigenvalue weighted by Crippen LogP contribution is -2.31. The lowest BCUT2D eigenvalue weighted by atomic mass is 10.1. The second-order valence-electron chi connectivity index (χ2n) is 7.81. The molecule has 0 saturated carbocycles. The zero-order chi connectivity index (χ0) is 24.8. The Labute approximate surface area is 203 Å². The van der Waals surface area contributed by atoms with Gasteiger partial charge < -0.3 is 14.8 Å². The highest BCUT2D eigenvalue weighted by molar-refractivity contribution is 6.43. The number of ether oxygens (including phenoxy) is 2. The first-order valence-corrected chi connectivity index (χ1v) is 11.3. The van der Waals surface area contributed by atoms with Gasteiger partial charge in [0, 0.05) is 18.8 Å². The van der Waals surface area contributed by atoms with E-state index >= 15 is 0 Å². The van der Waals surface area contributed by atoms with Crippen molar-refractivity contribution in [2.75, 3.05) is 6.61 Å². The Morgan fingerprint density at radius 1 is 0.971 bits per heavy atom. The van der Waals surface area contributed by atoms with E-state index in [1.54, 1.807) is 49.0 Å². The van der Waals surface area contributed by atoms with E-state index < -0.39 is 11.7 Å². The van der Waals surface area contributed by atoms with Crippen LogP contribution in [0.4, 0.5) is 0 Å². The molecule has 0 atom stereocenters. The highest BCUT2D eigenvalue weighted by Crippen LogP contribution is 2.23. The number of benzene rings is 2. The summed E-state index contributed by atoms with van der Waals surface area (Å²) in [5, 5.41) is 7.14. The number of nitrogens with zero attached hydrogens (tertiary/aromatic N) is 3. The molecule has 8 heteroatoms. The minimum absolute atomic E-state index is 0.150. The van der Waals surface area contributed by atoms with E-state index in [1.165, 1.54) is 0 Å². The molecule has 0 saturated heterocycles. The molecule has 0 unspecified atom stereocenters. The third-order valence-corrected chi connectivity index (χ3v) is 5.33. The fourth-order valence-electron chi connectivity index (χ4n) is 3.68. The van der Waals surface area contributed by atoms with Crippen LogP contribution >= 0.6 is 0 Å². The first kappa shape index (κ1) is 23.7. The number of carbonyl (C=O) groups is 2. The lowest BCUT2D eigenvalue weighted by molar-refractivity contribution is -0.117. The number of aryl methyl sites for hydroxylation is 1. The van der Waals surface area contributed by atoms with Crippen molar-refractivity contribution in [1.29, 1.82) is 0 Å². The molecule has 0 aliphatic rings. The Morgan fingerprint density at radius 3 is 2.40 bits per heavy atom. The second-order valence-corrected chi connectivity index (χ2v) is 7.81. The summed E-state index contributed by atoms with van der Waals surface area (Å²) in [5.74, 6) is 0.423. The summed E-state index contributed by atoms with van der Waals surface area (Å²) in [5.41, 5.74) is 2.99. The van der Waals surface area contributed by atoms with Crippen molar-refractivity contribution in [3.05, 3.63) is 95.4 Å². The summed E-state index contributed by atoms with van der Waals surface area (Å²) >= 11 is 0. The Kier molecular flexibility index (Phi) is 7.21. The molecular weight excluding hydrogens is 444 g/mol. The summed E-state index contributed by atoms with van der Waals surface area (Å²) in [6, 6.07) is 20.2. The number of para-hydroxylation sites is 1. The van der Waals surface area contributed by atoms with Crippen LogP contribution in [0.5, 0.6) is 17.4 Å². The van der Waals surface area contributed by atoms with Crippen molar-refractivity contribution in [2.24, 2.45) is 0 Å². The molecule has 2 aromatic carbocycles. The maximum atomic E-state index is 12.9. The van der Waals surface area contributed by atoms with Gasteiger partial charge >= 0.3 is 0 Å². The van der Waals surface area contributed by atoms with E-state index in [2.05, 4.69) is 15.4 Å². The monoisotopic (exact) mass is 470 g/mol. The molecule has 0 radical (unpaired) electrons. The molecule has 0 bridgehead atoms. The molecular formula is C27H26N4O4. The van der Waals surface area contributed by atoms with Crippen molar-refractivity contribution < 1.29 is 19.1 Å². The molecule has 0 spiro atoms. The normalized spacial score (nSPS) is 10.6. The van der Waals surface area contributed by atoms with E-state index in [0.29, 0.717) is 35.2 Å². The SMILES string of the molecule is CCOc1ccc(Oc2cc(CNC(=O)C(=O)c3c(C)nn(-c4ccccc4)c3C)ccn2)cc1. The molecule has 4 rings (SSSR count). The largest absolute Gasteiger partial charge is 0.494 e. The van der Waals surface area contributed by atoms with E-state index in [1.807, 2.05) is 49.4 Å². The van der Waals surface area contributed by atoms with Crippen molar-refractivity contribution in [2.45, 2.75) is 27.3 Å². The summed E-state index contributed by atoms with van der Waals surface area (Å²) in [7, 11) is 0. The maximum Gasteiger partial charge on any atom is 0.292 e. The summed E-state index contributed by atoms with van der Waals surface area (Å²) in [4.78, 5) is 29.8. The van der Waals surface area contributed by atoms with Gasteiger partial charge in [-0.3, -0.25) is 9.59 Å². The molecule has 178 valence electrons. The van der Waals surface area contributed by atoms with Crippen LogP contribution in [0.15, 0.2) is 72.9 Å². The molecule has 1 N–H and O–H groups in total. The number of rotatable bonds is 9. The zero-order valence-corrected chi connectivity index (χ0v) is 19.8.